The smallest absolute Gasteiger partial charge is 0.319 e. The zero-order valence-corrected chi connectivity index (χ0v) is 7.86. The molecule has 2 rings (SSSR count). The molecule has 4 nitrogen and oxygen atoms in total. The van der Waals surface area contributed by atoms with Crippen molar-refractivity contribution in [3.05, 3.63) is 24.3 Å². The van der Waals surface area contributed by atoms with E-state index < -0.39 is 0 Å². The van der Waals surface area contributed by atoms with Crippen LogP contribution in [0, 0.1) is 0 Å². The fourth-order valence-electron chi connectivity index (χ4n) is 1.67. The van der Waals surface area contributed by atoms with Gasteiger partial charge in [-0.3, -0.25) is 4.90 Å². The maximum atomic E-state index is 11.2. The third-order valence-electron chi connectivity index (χ3n) is 2.33. The highest BCUT2D eigenvalue weighted by atomic mass is 16.2. The monoisotopic (exact) mass is 191 g/mol. The molecular formula is C10H13N3O. The van der Waals surface area contributed by atoms with Crippen LogP contribution in [-0.2, 0) is 0 Å². The second kappa shape index (κ2) is 3.57. The molecule has 0 unspecified atom stereocenters. The Morgan fingerprint density at radius 1 is 1.43 bits per heavy atom. The van der Waals surface area contributed by atoms with Crippen LogP contribution in [-0.4, -0.2) is 19.1 Å². The van der Waals surface area contributed by atoms with E-state index >= 15 is 0 Å². The van der Waals surface area contributed by atoms with Crippen molar-refractivity contribution in [3.63, 3.8) is 0 Å². The van der Waals surface area contributed by atoms with Gasteiger partial charge in [-0.05, 0) is 18.6 Å². The summed E-state index contributed by atoms with van der Waals surface area (Å²) in [6, 6.07) is 7.31. The Hall–Kier alpha value is -1.71. The normalized spacial score (nSPS) is 15.3. The quantitative estimate of drug-likeness (QED) is 0.651. The zero-order chi connectivity index (χ0) is 9.97. The Morgan fingerprint density at radius 3 is 3.00 bits per heavy atom. The summed E-state index contributed by atoms with van der Waals surface area (Å²) in [5, 5.41) is 3.26. The molecule has 4 heteroatoms. The van der Waals surface area contributed by atoms with Crippen LogP contribution in [0.1, 0.15) is 6.42 Å². The minimum absolute atomic E-state index is 0.388. The van der Waals surface area contributed by atoms with E-state index in [0.717, 1.165) is 24.3 Å². The number of anilines is 2. The molecule has 14 heavy (non-hydrogen) atoms. The number of rotatable bonds is 0. The average molecular weight is 191 g/mol. The lowest BCUT2D eigenvalue weighted by Crippen LogP contribution is -2.36. The van der Waals surface area contributed by atoms with E-state index in [1.165, 1.54) is 0 Å². The van der Waals surface area contributed by atoms with Gasteiger partial charge in [0.2, 0.25) is 0 Å². The van der Waals surface area contributed by atoms with Gasteiger partial charge < -0.3 is 11.1 Å². The van der Waals surface area contributed by atoms with Gasteiger partial charge in [-0.1, -0.05) is 12.1 Å². The number of primary amides is 1. The minimum atomic E-state index is -0.388. The molecule has 0 bridgehead atoms. The summed E-state index contributed by atoms with van der Waals surface area (Å²) < 4.78 is 0. The first-order valence-electron chi connectivity index (χ1n) is 4.69. The van der Waals surface area contributed by atoms with E-state index in [1.807, 2.05) is 24.3 Å². The minimum Gasteiger partial charge on any atom is -0.383 e. The molecule has 0 aromatic heterocycles. The number of nitrogens with two attached hydrogens (primary N) is 1. The molecule has 1 heterocycles. The number of hydrogen-bond acceptors (Lipinski definition) is 2. The molecule has 1 aromatic carbocycles. The van der Waals surface area contributed by atoms with Crippen molar-refractivity contribution in [2.75, 3.05) is 23.3 Å². The molecule has 0 radical (unpaired) electrons. The number of carbonyl (C=O) groups is 1. The van der Waals surface area contributed by atoms with Gasteiger partial charge in [-0.2, -0.15) is 0 Å². The van der Waals surface area contributed by atoms with Crippen LogP contribution >= 0.6 is 0 Å². The molecule has 1 aliphatic rings. The SMILES string of the molecule is NC(=O)N1CCCNc2ccccc21. The second-order valence-corrected chi connectivity index (χ2v) is 3.29. The molecule has 0 spiro atoms. The summed E-state index contributed by atoms with van der Waals surface area (Å²) >= 11 is 0. The first-order chi connectivity index (χ1) is 6.79. The predicted octanol–water partition coefficient (Wildman–Crippen LogP) is 1.39. The van der Waals surface area contributed by atoms with Crippen molar-refractivity contribution in [1.82, 2.24) is 0 Å². The first-order valence-corrected chi connectivity index (χ1v) is 4.69. The molecule has 0 atom stereocenters. The predicted molar refractivity (Wildman–Crippen MR) is 56.5 cm³/mol. The topological polar surface area (TPSA) is 58.4 Å². The summed E-state index contributed by atoms with van der Waals surface area (Å²) in [6.45, 7) is 1.56. The maximum absolute atomic E-state index is 11.2. The molecule has 74 valence electrons. The number of benzene rings is 1. The van der Waals surface area contributed by atoms with Gasteiger partial charge in [0.05, 0.1) is 11.4 Å². The maximum Gasteiger partial charge on any atom is 0.319 e. The molecule has 1 aromatic rings. The summed E-state index contributed by atoms with van der Waals surface area (Å²) in [4.78, 5) is 12.8. The Kier molecular flexibility index (Phi) is 2.26. The van der Waals surface area contributed by atoms with E-state index in [1.54, 1.807) is 4.90 Å². The average Bonchev–Trinajstić information content (AvgIpc) is 2.39. The number of urea groups is 1. The molecule has 3 N–H and O–H groups in total. The van der Waals surface area contributed by atoms with Crippen molar-refractivity contribution in [1.29, 1.82) is 0 Å². The highest BCUT2D eigenvalue weighted by Gasteiger charge is 2.17. The van der Waals surface area contributed by atoms with Gasteiger partial charge in [-0.15, -0.1) is 0 Å². The van der Waals surface area contributed by atoms with Crippen molar-refractivity contribution in [2.45, 2.75) is 6.42 Å². The largest absolute Gasteiger partial charge is 0.383 e. The van der Waals surface area contributed by atoms with Crippen LogP contribution in [0.4, 0.5) is 16.2 Å². The number of hydrogen-bond donors (Lipinski definition) is 2. The number of nitrogens with zero attached hydrogens (tertiary/aromatic N) is 1. The molecule has 0 saturated heterocycles. The van der Waals surface area contributed by atoms with E-state index in [-0.39, 0.29) is 6.03 Å². The number of fused-ring (bicyclic) bond motifs is 1. The van der Waals surface area contributed by atoms with Gasteiger partial charge in [0.1, 0.15) is 0 Å². The molecular weight excluding hydrogens is 178 g/mol. The summed E-state index contributed by atoms with van der Waals surface area (Å²) in [6.07, 6.45) is 0.914. The fraction of sp³-hybridized carbons (Fsp3) is 0.300. The second-order valence-electron chi connectivity index (χ2n) is 3.29. The number of amides is 2. The van der Waals surface area contributed by atoms with Crippen LogP contribution in [0.5, 0.6) is 0 Å². The van der Waals surface area contributed by atoms with Gasteiger partial charge in [-0.25, -0.2) is 4.79 Å². The molecule has 0 saturated carbocycles. The Morgan fingerprint density at radius 2 is 2.21 bits per heavy atom. The van der Waals surface area contributed by atoms with Crippen molar-refractivity contribution in [3.8, 4) is 0 Å². The lowest BCUT2D eigenvalue weighted by molar-refractivity contribution is 0.254. The highest BCUT2D eigenvalue weighted by molar-refractivity contribution is 5.94. The van der Waals surface area contributed by atoms with E-state index in [0.29, 0.717) is 6.54 Å². The first kappa shape index (κ1) is 8.87. The van der Waals surface area contributed by atoms with E-state index in [2.05, 4.69) is 5.32 Å². The molecule has 0 aliphatic carbocycles. The third-order valence-corrected chi connectivity index (χ3v) is 2.33. The van der Waals surface area contributed by atoms with Crippen molar-refractivity contribution < 1.29 is 4.79 Å². The molecule has 2 amide bonds. The molecule has 1 aliphatic heterocycles. The van der Waals surface area contributed by atoms with Crippen LogP contribution < -0.4 is 16.0 Å². The van der Waals surface area contributed by atoms with Crippen LogP contribution in [0.25, 0.3) is 0 Å². The number of carbonyl (C=O) groups excluding carboxylic acids is 1. The number of nitrogens with one attached hydrogen (secondary N) is 1. The molecule has 0 fully saturated rings. The highest BCUT2D eigenvalue weighted by Crippen LogP contribution is 2.27. The van der Waals surface area contributed by atoms with E-state index in [9.17, 15) is 4.79 Å². The van der Waals surface area contributed by atoms with Crippen LogP contribution in [0.15, 0.2) is 24.3 Å². The third kappa shape index (κ3) is 1.51. The Labute approximate surface area is 82.7 Å². The Balaban J connectivity index is 2.42. The summed E-state index contributed by atoms with van der Waals surface area (Å²) in [5.41, 5.74) is 7.16. The lowest BCUT2D eigenvalue weighted by atomic mass is 10.2. The van der Waals surface area contributed by atoms with Gasteiger partial charge >= 0.3 is 6.03 Å². The van der Waals surface area contributed by atoms with Gasteiger partial charge in [0.15, 0.2) is 0 Å². The van der Waals surface area contributed by atoms with Gasteiger partial charge in [0, 0.05) is 13.1 Å². The number of para-hydroxylation sites is 2. The van der Waals surface area contributed by atoms with Crippen molar-refractivity contribution >= 4 is 17.4 Å². The van der Waals surface area contributed by atoms with Gasteiger partial charge in [0.25, 0.3) is 0 Å². The summed E-state index contributed by atoms with van der Waals surface area (Å²) in [5.74, 6) is 0. The van der Waals surface area contributed by atoms with Crippen molar-refractivity contribution in [2.24, 2.45) is 5.73 Å². The van der Waals surface area contributed by atoms with Crippen LogP contribution in [0.3, 0.4) is 0 Å². The Bertz CT molecular complexity index is 351. The van der Waals surface area contributed by atoms with E-state index in [4.69, 9.17) is 5.73 Å². The fourth-order valence-corrected chi connectivity index (χ4v) is 1.67. The standard InChI is InChI=1S/C10H13N3O/c11-10(14)13-7-3-6-12-8-4-1-2-5-9(8)13/h1-2,4-5,12H,3,6-7H2,(H2,11,14). The lowest BCUT2D eigenvalue weighted by Gasteiger charge is -2.19. The van der Waals surface area contributed by atoms with Crippen LogP contribution in [0.2, 0.25) is 0 Å². The zero-order valence-electron chi connectivity index (χ0n) is 7.86. The summed E-state index contributed by atoms with van der Waals surface area (Å²) in [7, 11) is 0.